The number of fused-ring (bicyclic) bond motifs is 1. The predicted molar refractivity (Wildman–Crippen MR) is 90.7 cm³/mol. The summed E-state index contributed by atoms with van der Waals surface area (Å²) in [7, 11) is 0. The Morgan fingerprint density at radius 2 is 2.00 bits per heavy atom. The summed E-state index contributed by atoms with van der Waals surface area (Å²) in [5.41, 5.74) is 9.51. The van der Waals surface area contributed by atoms with E-state index in [0.717, 1.165) is 11.3 Å². The van der Waals surface area contributed by atoms with Gasteiger partial charge in [-0.15, -0.1) is 0 Å². The Morgan fingerprint density at radius 1 is 1.25 bits per heavy atom. The predicted octanol–water partition coefficient (Wildman–Crippen LogP) is 2.39. The van der Waals surface area contributed by atoms with E-state index in [0.29, 0.717) is 28.0 Å². The number of nitrogens with one attached hydrogen (secondary N) is 1. The summed E-state index contributed by atoms with van der Waals surface area (Å²) < 4.78 is 1.56. The van der Waals surface area contributed by atoms with E-state index >= 15 is 0 Å². The number of carbonyl (C=O) groups is 2. The van der Waals surface area contributed by atoms with Gasteiger partial charge in [-0.3, -0.25) is 9.59 Å². The Hall–Kier alpha value is -3.22. The number of primary amides is 1. The summed E-state index contributed by atoms with van der Waals surface area (Å²) in [5.74, 6) is 0.0123. The van der Waals surface area contributed by atoms with Crippen LogP contribution in [0.4, 0.5) is 11.5 Å². The van der Waals surface area contributed by atoms with Gasteiger partial charge in [0, 0.05) is 17.4 Å². The maximum Gasteiger partial charge on any atom is 0.250 e. The number of ketones is 1. The summed E-state index contributed by atoms with van der Waals surface area (Å²) >= 11 is 0. The van der Waals surface area contributed by atoms with Crippen molar-refractivity contribution in [1.29, 1.82) is 0 Å². The highest BCUT2D eigenvalue weighted by Gasteiger charge is 2.16. The lowest BCUT2D eigenvalue weighted by Gasteiger charge is -2.11. The molecule has 2 aromatic heterocycles. The van der Waals surface area contributed by atoms with Crippen molar-refractivity contribution in [3.8, 4) is 0 Å². The lowest BCUT2D eigenvalue weighted by atomic mass is 10.1. The zero-order valence-corrected chi connectivity index (χ0v) is 13.6. The number of Topliss-reactive ketones (excluding diaryl/α,β-unsaturated/α-hetero) is 1. The molecule has 0 aliphatic carbocycles. The molecule has 3 aromatic rings. The molecule has 2 heterocycles. The first-order valence-corrected chi connectivity index (χ1v) is 7.40. The Labute approximate surface area is 138 Å². The van der Waals surface area contributed by atoms with Crippen molar-refractivity contribution in [3.05, 3.63) is 53.0 Å². The lowest BCUT2D eigenvalue weighted by Crippen LogP contribution is -2.10. The number of hydrogen-bond acceptors (Lipinski definition) is 5. The van der Waals surface area contributed by atoms with Crippen LogP contribution in [0.25, 0.3) is 5.52 Å². The molecular formula is C17H17N5O2. The second-order valence-electron chi connectivity index (χ2n) is 5.64. The van der Waals surface area contributed by atoms with Crippen molar-refractivity contribution < 1.29 is 9.59 Å². The van der Waals surface area contributed by atoms with Gasteiger partial charge < -0.3 is 11.1 Å². The Bertz CT molecular complexity index is 975. The van der Waals surface area contributed by atoms with Crippen LogP contribution in [0.2, 0.25) is 0 Å². The standard InChI is InChI=1S/C17H17N5O2/c1-9-4-5-12(11(3)23)6-14(9)21-17-15-10(2)13(16(18)24)7-22(15)20-8-19-17/h4-8H,1-3H3,(H2,18,24)(H,19,20,21). The van der Waals surface area contributed by atoms with Gasteiger partial charge in [-0.2, -0.15) is 5.10 Å². The van der Waals surface area contributed by atoms with Crippen LogP contribution in [-0.2, 0) is 0 Å². The first-order valence-electron chi connectivity index (χ1n) is 7.40. The van der Waals surface area contributed by atoms with E-state index in [1.807, 2.05) is 13.0 Å². The van der Waals surface area contributed by atoms with E-state index < -0.39 is 5.91 Å². The first kappa shape index (κ1) is 15.7. The van der Waals surface area contributed by atoms with E-state index in [4.69, 9.17) is 5.73 Å². The highest BCUT2D eigenvalue weighted by molar-refractivity contribution is 5.98. The molecule has 1 amide bonds. The normalized spacial score (nSPS) is 10.8. The largest absolute Gasteiger partial charge is 0.366 e. The van der Waals surface area contributed by atoms with Gasteiger partial charge in [0.25, 0.3) is 5.91 Å². The number of anilines is 2. The van der Waals surface area contributed by atoms with E-state index in [1.165, 1.54) is 13.3 Å². The Kier molecular flexibility index (Phi) is 3.76. The smallest absolute Gasteiger partial charge is 0.250 e. The Morgan fingerprint density at radius 3 is 2.67 bits per heavy atom. The highest BCUT2D eigenvalue weighted by atomic mass is 16.1. The Balaban J connectivity index is 2.13. The fraction of sp³-hybridized carbons (Fsp3) is 0.176. The number of amides is 1. The van der Waals surface area contributed by atoms with Gasteiger partial charge in [0.05, 0.1) is 5.56 Å². The fourth-order valence-corrected chi connectivity index (χ4v) is 2.60. The topological polar surface area (TPSA) is 102 Å². The maximum absolute atomic E-state index is 11.6. The summed E-state index contributed by atoms with van der Waals surface area (Å²) in [6, 6.07) is 5.44. The van der Waals surface area contributed by atoms with Crippen LogP contribution in [0.15, 0.2) is 30.7 Å². The van der Waals surface area contributed by atoms with Crippen molar-refractivity contribution >= 4 is 28.7 Å². The molecule has 0 unspecified atom stereocenters. The number of nitrogens with zero attached hydrogens (tertiary/aromatic N) is 3. The van der Waals surface area contributed by atoms with Crippen LogP contribution < -0.4 is 11.1 Å². The number of aryl methyl sites for hydroxylation is 2. The molecular weight excluding hydrogens is 306 g/mol. The number of benzene rings is 1. The third-order valence-electron chi connectivity index (χ3n) is 3.99. The number of hydrogen-bond donors (Lipinski definition) is 2. The first-order chi connectivity index (χ1) is 11.4. The highest BCUT2D eigenvalue weighted by Crippen LogP contribution is 2.27. The monoisotopic (exact) mass is 323 g/mol. The molecule has 7 heteroatoms. The van der Waals surface area contributed by atoms with Crippen molar-refractivity contribution in [3.63, 3.8) is 0 Å². The summed E-state index contributed by atoms with van der Waals surface area (Å²) in [6.45, 7) is 5.25. The van der Waals surface area contributed by atoms with Crippen molar-refractivity contribution in [2.45, 2.75) is 20.8 Å². The molecule has 3 rings (SSSR count). The van der Waals surface area contributed by atoms with Crippen molar-refractivity contribution in [2.24, 2.45) is 5.73 Å². The molecule has 0 atom stereocenters. The van der Waals surface area contributed by atoms with E-state index in [-0.39, 0.29) is 5.78 Å². The zero-order chi connectivity index (χ0) is 17.4. The van der Waals surface area contributed by atoms with Gasteiger partial charge in [-0.25, -0.2) is 9.50 Å². The second-order valence-corrected chi connectivity index (χ2v) is 5.64. The molecule has 0 saturated heterocycles. The van der Waals surface area contributed by atoms with Gasteiger partial charge in [0.15, 0.2) is 11.6 Å². The number of aromatic nitrogens is 3. The third-order valence-corrected chi connectivity index (χ3v) is 3.99. The fourth-order valence-electron chi connectivity index (χ4n) is 2.60. The van der Waals surface area contributed by atoms with E-state index in [1.54, 1.807) is 29.8 Å². The second kappa shape index (κ2) is 5.77. The van der Waals surface area contributed by atoms with Crippen LogP contribution in [-0.4, -0.2) is 26.3 Å². The van der Waals surface area contributed by atoms with Gasteiger partial charge >= 0.3 is 0 Å². The molecule has 3 N–H and O–H groups in total. The SMILES string of the molecule is CC(=O)c1ccc(C)c(Nc2ncnn3cc(C(N)=O)c(C)c23)c1. The van der Waals surface area contributed by atoms with Crippen LogP contribution in [0.1, 0.15) is 38.8 Å². The molecule has 0 fully saturated rings. The molecule has 0 saturated carbocycles. The molecule has 0 bridgehead atoms. The van der Waals surface area contributed by atoms with Gasteiger partial charge in [0.1, 0.15) is 11.8 Å². The van der Waals surface area contributed by atoms with Crippen molar-refractivity contribution in [1.82, 2.24) is 14.6 Å². The average Bonchev–Trinajstić information content (AvgIpc) is 2.87. The maximum atomic E-state index is 11.6. The van der Waals surface area contributed by atoms with Crippen LogP contribution in [0.3, 0.4) is 0 Å². The van der Waals surface area contributed by atoms with Crippen molar-refractivity contribution in [2.75, 3.05) is 5.32 Å². The molecule has 7 nitrogen and oxygen atoms in total. The molecule has 1 aromatic carbocycles. The lowest BCUT2D eigenvalue weighted by molar-refractivity contribution is 0.0995. The molecule has 0 spiro atoms. The molecule has 0 aliphatic rings. The van der Waals surface area contributed by atoms with Crippen LogP contribution in [0, 0.1) is 13.8 Å². The van der Waals surface area contributed by atoms with E-state index in [2.05, 4.69) is 15.4 Å². The van der Waals surface area contributed by atoms with E-state index in [9.17, 15) is 9.59 Å². The molecule has 122 valence electrons. The van der Waals surface area contributed by atoms with Crippen LogP contribution in [0.5, 0.6) is 0 Å². The number of nitrogens with two attached hydrogens (primary N) is 1. The summed E-state index contributed by atoms with van der Waals surface area (Å²) in [5, 5.41) is 7.35. The molecule has 0 aliphatic heterocycles. The minimum atomic E-state index is -0.515. The minimum Gasteiger partial charge on any atom is -0.366 e. The summed E-state index contributed by atoms with van der Waals surface area (Å²) in [6.07, 6.45) is 2.97. The minimum absolute atomic E-state index is 0.0132. The van der Waals surface area contributed by atoms with Crippen LogP contribution >= 0.6 is 0 Å². The molecule has 24 heavy (non-hydrogen) atoms. The third kappa shape index (κ3) is 2.60. The van der Waals surface area contributed by atoms with Gasteiger partial charge in [0.2, 0.25) is 0 Å². The number of carbonyl (C=O) groups excluding carboxylic acids is 2. The number of rotatable bonds is 4. The molecule has 0 radical (unpaired) electrons. The quantitative estimate of drug-likeness (QED) is 0.718. The van der Waals surface area contributed by atoms with Gasteiger partial charge in [-0.1, -0.05) is 12.1 Å². The van der Waals surface area contributed by atoms with Gasteiger partial charge in [-0.05, 0) is 38.0 Å². The average molecular weight is 323 g/mol. The summed E-state index contributed by atoms with van der Waals surface area (Å²) in [4.78, 5) is 27.4. The zero-order valence-electron chi connectivity index (χ0n) is 13.6.